The van der Waals surface area contributed by atoms with Crippen LogP contribution in [-0.2, 0) is 9.95 Å². The first-order valence-corrected chi connectivity index (χ1v) is 14.3. The Morgan fingerprint density at radius 1 is 1.26 bits per heavy atom. The number of methoxy groups -OCH3 is 1. The van der Waals surface area contributed by atoms with Crippen LogP contribution in [0.15, 0.2) is 36.5 Å². The molecule has 5 rings (SSSR count). The van der Waals surface area contributed by atoms with Crippen LogP contribution in [0.25, 0.3) is 11.0 Å². The molecule has 184 valence electrons. The summed E-state index contributed by atoms with van der Waals surface area (Å²) in [5, 5.41) is 1.48. The van der Waals surface area contributed by atoms with Gasteiger partial charge in [0.25, 0.3) is 0 Å². The van der Waals surface area contributed by atoms with Crippen molar-refractivity contribution in [2.24, 2.45) is 5.73 Å². The van der Waals surface area contributed by atoms with Gasteiger partial charge in [-0.05, 0) is 0 Å². The van der Waals surface area contributed by atoms with Crippen LogP contribution in [0.4, 0.5) is 14.9 Å². The minimum atomic E-state index is -0.546. The number of amides is 1. The molecule has 2 aliphatic rings. The van der Waals surface area contributed by atoms with Gasteiger partial charge in [-0.3, -0.25) is 0 Å². The molecule has 0 radical (unpaired) electrons. The van der Waals surface area contributed by atoms with Gasteiger partial charge in [0.05, 0.1) is 0 Å². The summed E-state index contributed by atoms with van der Waals surface area (Å²) >= 11 is -0.546. The zero-order chi connectivity index (χ0) is 24.4. The number of cyclic esters (lactones) is 1. The Balaban J connectivity index is 1.17. The molecule has 9 nitrogen and oxygen atoms in total. The van der Waals surface area contributed by atoms with Gasteiger partial charge in [-0.2, -0.15) is 0 Å². The quantitative estimate of drug-likeness (QED) is 0.341. The van der Waals surface area contributed by atoms with E-state index in [-0.39, 0.29) is 11.9 Å². The van der Waals surface area contributed by atoms with Gasteiger partial charge in [-0.15, -0.1) is 0 Å². The number of benzene rings is 1. The Morgan fingerprint density at radius 2 is 2.09 bits per heavy atom. The zero-order valence-electron chi connectivity index (χ0n) is 19.2. The normalized spacial score (nSPS) is 18.3. The fourth-order valence-electron chi connectivity index (χ4n) is 4.15. The van der Waals surface area contributed by atoms with E-state index < -0.39 is 27.9 Å². The van der Waals surface area contributed by atoms with Crippen molar-refractivity contribution < 1.29 is 28.1 Å². The fourth-order valence-corrected chi connectivity index (χ4v) is 6.87. The van der Waals surface area contributed by atoms with Crippen molar-refractivity contribution in [2.45, 2.75) is 29.0 Å². The Morgan fingerprint density at radius 3 is 2.91 bits per heavy atom. The fraction of sp³-hybridized carbons (Fsp3) is 0.375. The Hall–Kier alpha value is -3.10. The molecule has 1 aromatic carbocycles. The molecule has 0 spiro atoms. The van der Waals surface area contributed by atoms with E-state index in [2.05, 4.69) is 9.97 Å². The number of nitrogens with two attached hydrogens (primary N) is 1. The number of hydrogen-bond acceptors (Lipinski definition) is 8. The van der Waals surface area contributed by atoms with Crippen LogP contribution in [0.2, 0.25) is 5.21 Å². The van der Waals surface area contributed by atoms with E-state index in [4.69, 9.17) is 24.7 Å². The molecule has 0 bridgehead atoms. The number of carbonyl (C=O) groups is 1. The predicted molar refractivity (Wildman–Crippen MR) is 129 cm³/mol. The third kappa shape index (κ3) is 4.99. The number of ether oxygens (including phenoxy) is 4. The van der Waals surface area contributed by atoms with Crippen molar-refractivity contribution in [1.29, 1.82) is 0 Å². The summed E-state index contributed by atoms with van der Waals surface area (Å²) in [5.41, 5.74) is 8.82. The number of anilines is 1. The maximum absolute atomic E-state index is 14.5. The monoisotopic (exact) mass is 544 g/mol. The third-order valence-electron chi connectivity index (χ3n) is 6.05. The van der Waals surface area contributed by atoms with Crippen molar-refractivity contribution >= 4 is 38.6 Å². The Bertz CT molecular complexity index is 1250. The van der Waals surface area contributed by atoms with Crippen molar-refractivity contribution in [2.75, 3.05) is 31.8 Å². The molecular weight excluding hydrogens is 518 g/mol. The van der Waals surface area contributed by atoms with E-state index in [0.29, 0.717) is 71.1 Å². The van der Waals surface area contributed by atoms with Gasteiger partial charge in [-0.1, -0.05) is 0 Å². The molecule has 0 saturated carbocycles. The molecule has 4 heterocycles. The average Bonchev–Trinajstić information content (AvgIpc) is 3.28. The van der Waals surface area contributed by atoms with Crippen molar-refractivity contribution in [1.82, 2.24) is 9.97 Å². The predicted octanol–water partition coefficient (Wildman–Crippen LogP) is 2.65. The first-order chi connectivity index (χ1) is 17.0. The third-order valence-corrected chi connectivity index (χ3v) is 8.67. The second kappa shape index (κ2) is 10.3. The van der Waals surface area contributed by atoms with E-state index in [0.717, 1.165) is 5.21 Å². The molecule has 11 heteroatoms. The van der Waals surface area contributed by atoms with Crippen LogP contribution in [0.3, 0.4) is 0 Å². The van der Waals surface area contributed by atoms with Gasteiger partial charge in [0.2, 0.25) is 0 Å². The summed E-state index contributed by atoms with van der Waals surface area (Å²) in [6.45, 7) is 1.35. The number of rotatable bonds is 8. The summed E-state index contributed by atoms with van der Waals surface area (Å²) in [6.07, 6.45) is 1.10. The van der Waals surface area contributed by atoms with Gasteiger partial charge < -0.3 is 0 Å². The van der Waals surface area contributed by atoms with Crippen LogP contribution < -0.4 is 24.8 Å². The Kier molecular flexibility index (Phi) is 6.92. The van der Waals surface area contributed by atoms with Gasteiger partial charge in [0, 0.05) is 0 Å². The zero-order valence-corrected chi connectivity index (χ0v) is 21.3. The number of carbonyl (C=O) groups excluding carboxylic acids is 1. The number of hydrogen-bond donors (Lipinski definition) is 1. The number of nitrogens with zero attached hydrogens (tertiary/aromatic N) is 3. The molecule has 0 aliphatic carbocycles. The second-order valence-corrected chi connectivity index (χ2v) is 11.1. The Labute approximate surface area is 208 Å². The van der Waals surface area contributed by atoms with Crippen molar-refractivity contribution in [3.8, 4) is 17.4 Å². The van der Waals surface area contributed by atoms with Gasteiger partial charge in [0.1, 0.15) is 0 Å². The van der Waals surface area contributed by atoms with E-state index in [9.17, 15) is 9.18 Å². The van der Waals surface area contributed by atoms with Crippen LogP contribution in [0.1, 0.15) is 12.0 Å². The molecule has 2 N–H and O–H groups in total. The van der Waals surface area contributed by atoms with E-state index in [1.54, 1.807) is 29.2 Å². The standard InChI is InChI=1S/C24H26AsFN4O5/c1-32-22-5-3-18-23(29-22)15(16(26)12-28-18)11-25-7-6-17(27)21-13-30(24(31)35-21)14-2-4-19-20(10-14)34-9-8-33-19/h2-5,10,12,17,21,25H,6-9,11,13,27H2,1H3/t17-,21-/m0/s1. The number of pyridine rings is 2. The van der Waals surface area contributed by atoms with Crippen LogP contribution in [0.5, 0.6) is 17.4 Å². The summed E-state index contributed by atoms with van der Waals surface area (Å²) in [4.78, 5) is 22.6. The van der Waals surface area contributed by atoms with Gasteiger partial charge in [0.15, 0.2) is 0 Å². The molecule has 35 heavy (non-hydrogen) atoms. The summed E-state index contributed by atoms with van der Waals surface area (Å²) in [6, 6.07) is 8.58. The van der Waals surface area contributed by atoms with Crippen LogP contribution in [-0.4, -0.2) is 70.8 Å². The molecule has 1 fully saturated rings. The van der Waals surface area contributed by atoms with E-state index >= 15 is 0 Å². The van der Waals surface area contributed by atoms with Crippen molar-refractivity contribution in [3.63, 3.8) is 0 Å². The van der Waals surface area contributed by atoms with Crippen LogP contribution >= 0.6 is 0 Å². The van der Waals surface area contributed by atoms with Crippen molar-refractivity contribution in [3.05, 3.63) is 47.9 Å². The molecule has 1 amide bonds. The SMILES string of the molecule is COc1ccc2ncc(F)c(C[AsH]CC[C@H](N)[C@@H]3CN(c4ccc5c(c4)OCCO5)C(=O)O3)c2n1. The molecule has 1 saturated heterocycles. The summed E-state index contributed by atoms with van der Waals surface area (Å²) < 4.78 is 36.4. The van der Waals surface area contributed by atoms with Crippen LogP contribution in [0, 0.1) is 5.82 Å². The maximum atomic E-state index is 14.5. The molecule has 3 atom stereocenters. The molecule has 3 aromatic rings. The van der Waals surface area contributed by atoms with E-state index in [1.165, 1.54) is 13.3 Å². The number of aromatic nitrogens is 2. The summed E-state index contributed by atoms with van der Waals surface area (Å²) in [5.74, 6) is 1.35. The second-order valence-electron chi connectivity index (χ2n) is 8.30. The van der Waals surface area contributed by atoms with Gasteiger partial charge >= 0.3 is 208 Å². The molecule has 2 aliphatic heterocycles. The minimum absolute atomic E-state index is 0.304. The molecular formula is C24H26AsFN4O5. The van der Waals surface area contributed by atoms with Gasteiger partial charge in [-0.25, -0.2) is 0 Å². The molecule has 1 unspecified atom stereocenters. The average molecular weight is 544 g/mol. The summed E-state index contributed by atoms with van der Waals surface area (Å²) in [7, 11) is 1.53. The van der Waals surface area contributed by atoms with E-state index in [1.807, 2.05) is 6.07 Å². The first-order valence-electron chi connectivity index (χ1n) is 11.4. The number of fused-ring (bicyclic) bond motifs is 2. The first kappa shape index (κ1) is 23.6. The molecule has 2 aromatic heterocycles. The number of halogens is 1. The topological polar surface area (TPSA) is 109 Å².